The van der Waals surface area contributed by atoms with Gasteiger partial charge in [-0.25, -0.2) is 8.42 Å². The zero-order valence-electron chi connectivity index (χ0n) is 14.3. The molecule has 134 valence electrons. The number of carbonyl (C=O) groups is 1. The van der Waals surface area contributed by atoms with Crippen LogP contribution in [0.25, 0.3) is 0 Å². The van der Waals surface area contributed by atoms with Crippen LogP contribution in [0.2, 0.25) is 0 Å². The second-order valence-electron chi connectivity index (χ2n) is 6.46. The maximum atomic E-state index is 12.2. The molecule has 1 aromatic rings. The van der Waals surface area contributed by atoms with E-state index in [-0.39, 0.29) is 31.5 Å². The molecule has 2 rings (SSSR count). The fraction of sp³-hybridized carbons (Fsp3) is 0.647. The predicted molar refractivity (Wildman–Crippen MR) is 93.7 cm³/mol. The zero-order valence-corrected chi connectivity index (χ0v) is 15.1. The first kappa shape index (κ1) is 18.9. The standard InChI is InChI=1S/C17H27N3O3S/c1-24(22,23)20(14-15-7-6-11-18-13-15)12-10-17(21)19-16-8-4-2-3-5-9-16/h6-7,11,13,16H,2-5,8-10,12,14H2,1H3,(H,19,21). The minimum atomic E-state index is -3.37. The highest BCUT2D eigenvalue weighted by molar-refractivity contribution is 7.88. The van der Waals surface area contributed by atoms with Crippen molar-refractivity contribution in [1.82, 2.24) is 14.6 Å². The molecule has 1 aliphatic rings. The minimum Gasteiger partial charge on any atom is -0.353 e. The molecule has 0 aromatic carbocycles. The summed E-state index contributed by atoms with van der Waals surface area (Å²) in [6, 6.07) is 3.84. The Kier molecular flexibility index (Phi) is 7.17. The summed E-state index contributed by atoms with van der Waals surface area (Å²) in [7, 11) is -3.37. The molecule has 1 saturated carbocycles. The molecule has 0 aliphatic heterocycles. The number of rotatable bonds is 7. The first-order valence-corrected chi connectivity index (χ1v) is 10.4. The largest absolute Gasteiger partial charge is 0.353 e. The number of aromatic nitrogens is 1. The van der Waals surface area contributed by atoms with E-state index in [0.717, 1.165) is 31.2 Å². The Morgan fingerprint density at radius 3 is 2.58 bits per heavy atom. The lowest BCUT2D eigenvalue weighted by atomic mass is 10.1. The van der Waals surface area contributed by atoms with E-state index in [1.54, 1.807) is 18.5 Å². The maximum Gasteiger partial charge on any atom is 0.221 e. The molecular formula is C17H27N3O3S. The summed E-state index contributed by atoms with van der Waals surface area (Å²) in [5.74, 6) is -0.0678. The van der Waals surface area contributed by atoms with Crippen LogP contribution in [0.15, 0.2) is 24.5 Å². The number of sulfonamides is 1. The summed E-state index contributed by atoms with van der Waals surface area (Å²) in [5.41, 5.74) is 0.812. The molecule has 1 N–H and O–H groups in total. The van der Waals surface area contributed by atoms with Gasteiger partial charge in [-0.1, -0.05) is 31.7 Å². The molecular weight excluding hydrogens is 326 g/mol. The normalized spacial score (nSPS) is 16.8. The number of nitrogens with zero attached hydrogens (tertiary/aromatic N) is 2. The fourth-order valence-corrected chi connectivity index (χ4v) is 3.81. The highest BCUT2D eigenvalue weighted by atomic mass is 32.2. The molecule has 6 nitrogen and oxygen atoms in total. The topological polar surface area (TPSA) is 79.4 Å². The van der Waals surface area contributed by atoms with Crippen LogP contribution in [-0.4, -0.2) is 42.5 Å². The third-order valence-corrected chi connectivity index (χ3v) is 5.61. The zero-order chi connectivity index (χ0) is 17.4. The van der Waals surface area contributed by atoms with E-state index < -0.39 is 10.0 Å². The van der Waals surface area contributed by atoms with Crippen molar-refractivity contribution in [3.63, 3.8) is 0 Å². The van der Waals surface area contributed by atoms with E-state index in [9.17, 15) is 13.2 Å². The summed E-state index contributed by atoms with van der Waals surface area (Å²) in [6.45, 7) is 0.426. The monoisotopic (exact) mass is 353 g/mol. The van der Waals surface area contributed by atoms with Crippen molar-refractivity contribution in [3.8, 4) is 0 Å². The molecule has 0 unspecified atom stereocenters. The van der Waals surface area contributed by atoms with Gasteiger partial charge in [0.2, 0.25) is 15.9 Å². The molecule has 0 saturated heterocycles. The quantitative estimate of drug-likeness (QED) is 0.761. The average Bonchev–Trinajstić information content (AvgIpc) is 2.80. The van der Waals surface area contributed by atoms with E-state index >= 15 is 0 Å². The van der Waals surface area contributed by atoms with Gasteiger partial charge in [-0.05, 0) is 24.5 Å². The molecule has 1 fully saturated rings. The Morgan fingerprint density at radius 1 is 1.29 bits per heavy atom. The summed E-state index contributed by atoms with van der Waals surface area (Å²) < 4.78 is 25.2. The highest BCUT2D eigenvalue weighted by Crippen LogP contribution is 2.17. The van der Waals surface area contributed by atoms with Gasteiger partial charge < -0.3 is 5.32 Å². The molecule has 24 heavy (non-hydrogen) atoms. The van der Waals surface area contributed by atoms with Crippen molar-refractivity contribution < 1.29 is 13.2 Å². The lowest BCUT2D eigenvalue weighted by Crippen LogP contribution is -2.38. The highest BCUT2D eigenvalue weighted by Gasteiger charge is 2.20. The molecule has 0 radical (unpaired) electrons. The van der Waals surface area contributed by atoms with Gasteiger partial charge in [-0.2, -0.15) is 4.31 Å². The van der Waals surface area contributed by atoms with Crippen LogP contribution in [0.4, 0.5) is 0 Å². The van der Waals surface area contributed by atoms with Gasteiger partial charge in [0.15, 0.2) is 0 Å². The van der Waals surface area contributed by atoms with Crippen LogP contribution in [0.1, 0.15) is 50.5 Å². The van der Waals surface area contributed by atoms with Gasteiger partial charge in [-0.15, -0.1) is 0 Å². The Hall–Kier alpha value is -1.47. The van der Waals surface area contributed by atoms with Crippen molar-refractivity contribution in [2.75, 3.05) is 12.8 Å². The molecule has 1 amide bonds. The number of pyridine rings is 1. The van der Waals surface area contributed by atoms with E-state index in [1.165, 1.54) is 23.4 Å². The number of nitrogens with one attached hydrogen (secondary N) is 1. The van der Waals surface area contributed by atoms with Crippen molar-refractivity contribution >= 4 is 15.9 Å². The molecule has 1 aliphatic carbocycles. The average molecular weight is 353 g/mol. The Balaban J connectivity index is 1.86. The second kappa shape index (κ2) is 9.13. The van der Waals surface area contributed by atoms with Crippen LogP contribution in [-0.2, 0) is 21.4 Å². The lowest BCUT2D eigenvalue weighted by molar-refractivity contribution is -0.122. The van der Waals surface area contributed by atoms with Gasteiger partial charge in [0.1, 0.15) is 0 Å². The van der Waals surface area contributed by atoms with Crippen LogP contribution < -0.4 is 5.32 Å². The first-order chi connectivity index (χ1) is 11.4. The van der Waals surface area contributed by atoms with Crippen molar-refractivity contribution in [1.29, 1.82) is 0 Å². The lowest BCUT2D eigenvalue weighted by Gasteiger charge is -2.21. The van der Waals surface area contributed by atoms with Crippen LogP contribution >= 0.6 is 0 Å². The Labute approximate surface area is 144 Å². The fourth-order valence-electron chi connectivity index (χ4n) is 3.01. The van der Waals surface area contributed by atoms with E-state index in [1.807, 2.05) is 6.07 Å². The molecule has 0 spiro atoms. The predicted octanol–water partition coefficient (Wildman–Crippen LogP) is 2.07. The second-order valence-corrected chi connectivity index (χ2v) is 8.45. The van der Waals surface area contributed by atoms with Crippen molar-refractivity contribution in [3.05, 3.63) is 30.1 Å². The van der Waals surface area contributed by atoms with Gasteiger partial charge in [0.25, 0.3) is 0 Å². The van der Waals surface area contributed by atoms with E-state index in [2.05, 4.69) is 10.3 Å². The third-order valence-electron chi connectivity index (χ3n) is 4.36. The van der Waals surface area contributed by atoms with E-state index in [0.29, 0.717) is 0 Å². The smallest absolute Gasteiger partial charge is 0.221 e. The molecule has 1 heterocycles. The van der Waals surface area contributed by atoms with Crippen molar-refractivity contribution in [2.24, 2.45) is 0 Å². The Bertz CT molecular complexity index is 611. The summed E-state index contributed by atoms with van der Waals surface area (Å²) in [4.78, 5) is 16.2. The van der Waals surface area contributed by atoms with Gasteiger partial charge in [-0.3, -0.25) is 9.78 Å². The molecule has 0 atom stereocenters. The molecule has 7 heteroatoms. The molecule has 1 aromatic heterocycles. The first-order valence-electron chi connectivity index (χ1n) is 8.58. The third kappa shape index (κ3) is 6.57. The SMILES string of the molecule is CS(=O)(=O)N(CCC(=O)NC1CCCCCC1)Cc1cccnc1. The Morgan fingerprint density at radius 2 is 2.00 bits per heavy atom. The number of hydrogen-bond donors (Lipinski definition) is 1. The van der Waals surface area contributed by atoms with Crippen LogP contribution in [0, 0.1) is 0 Å². The van der Waals surface area contributed by atoms with Crippen LogP contribution in [0.5, 0.6) is 0 Å². The number of carbonyl (C=O) groups excluding carboxylic acids is 1. The van der Waals surface area contributed by atoms with Crippen LogP contribution in [0.3, 0.4) is 0 Å². The summed E-state index contributed by atoms with van der Waals surface area (Å²) >= 11 is 0. The minimum absolute atomic E-state index is 0.0678. The van der Waals surface area contributed by atoms with Gasteiger partial charge in [0, 0.05) is 37.9 Å². The summed E-state index contributed by atoms with van der Waals surface area (Å²) in [5, 5.41) is 3.06. The number of amides is 1. The number of hydrogen-bond acceptors (Lipinski definition) is 4. The van der Waals surface area contributed by atoms with Gasteiger partial charge in [0.05, 0.1) is 6.26 Å². The van der Waals surface area contributed by atoms with Gasteiger partial charge >= 0.3 is 0 Å². The van der Waals surface area contributed by atoms with Crippen molar-refractivity contribution in [2.45, 2.75) is 57.5 Å². The summed E-state index contributed by atoms with van der Waals surface area (Å²) in [6.07, 6.45) is 11.5. The van der Waals surface area contributed by atoms with E-state index in [4.69, 9.17) is 0 Å². The maximum absolute atomic E-state index is 12.2. The molecule has 0 bridgehead atoms.